The number of imidazole rings is 1. The van der Waals surface area contributed by atoms with Crippen molar-refractivity contribution in [2.45, 2.75) is 39.7 Å². The Bertz CT molecular complexity index is 1300. The van der Waals surface area contributed by atoms with Crippen LogP contribution in [0, 0.1) is 6.92 Å². The minimum absolute atomic E-state index is 0.176. The molecule has 0 aliphatic rings. The van der Waals surface area contributed by atoms with E-state index in [0.29, 0.717) is 40.5 Å². The van der Waals surface area contributed by atoms with Crippen LogP contribution < -0.4 is 16.4 Å². The second-order valence-electron chi connectivity index (χ2n) is 8.26. The number of aromatic nitrogens is 4. The van der Waals surface area contributed by atoms with E-state index in [9.17, 15) is 4.79 Å². The van der Waals surface area contributed by atoms with Gasteiger partial charge in [0.2, 0.25) is 5.28 Å². The first-order valence-corrected chi connectivity index (χ1v) is 11.7. The zero-order chi connectivity index (χ0) is 24.1. The lowest BCUT2D eigenvalue weighted by atomic mass is 10.1. The molecule has 0 radical (unpaired) electrons. The highest BCUT2D eigenvalue weighted by Crippen LogP contribution is 2.23. The molecule has 0 atom stereocenters. The van der Waals surface area contributed by atoms with E-state index in [4.69, 9.17) is 17.3 Å². The molecule has 0 saturated carbocycles. The fraction of sp³-hybridized carbons (Fsp3) is 0.280. The number of hydrogen-bond donors (Lipinski definition) is 3. The van der Waals surface area contributed by atoms with E-state index in [2.05, 4.69) is 32.5 Å². The number of fused-ring (bicyclic) bond motifs is 1. The number of nitrogens with zero attached hydrogens (tertiary/aromatic N) is 4. The predicted molar refractivity (Wildman–Crippen MR) is 137 cm³/mol. The van der Waals surface area contributed by atoms with Crippen molar-refractivity contribution in [2.24, 2.45) is 0 Å². The van der Waals surface area contributed by atoms with Gasteiger partial charge in [0.25, 0.3) is 5.91 Å². The van der Waals surface area contributed by atoms with Gasteiger partial charge < -0.3 is 20.9 Å². The van der Waals surface area contributed by atoms with Crippen LogP contribution in [-0.4, -0.2) is 32.0 Å². The molecule has 0 unspecified atom stereocenters. The number of amides is 1. The van der Waals surface area contributed by atoms with Crippen LogP contribution >= 0.6 is 11.6 Å². The third-order valence-corrected chi connectivity index (χ3v) is 5.70. The second kappa shape index (κ2) is 10.5. The molecule has 34 heavy (non-hydrogen) atoms. The van der Waals surface area contributed by atoms with E-state index in [-0.39, 0.29) is 11.2 Å². The van der Waals surface area contributed by atoms with Crippen LogP contribution in [0.15, 0.2) is 48.8 Å². The van der Waals surface area contributed by atoms with Crippen molar-refractivity contribution in [1.82, 2.24) is 19.5 Å². The van der Waals surface area contributed by atoms with Gasteiger partial charge in [-0.3, -0.25) is 4.79 Å². The van der Waals surface area contributed by atoms with Crippen LogP contribution in [-0.2, 0) is 6.54 Å². The normalized spacial score (nSPS) is 11.0. The zero-order valence-corrected chi connectivity index (χ0v) is 20.1. The summed E-state index contributed by atoms with van der Waals surface area (Å²) in [6.07, 6.45) is 5.08. The number of carbonyl (C=O) groups is 1. The van der Waals surface area contributed by atoms with E-state index in [1.807, 2.05) is 35.8 Å². The lowest BCUT2D eigenvalue weighted by Crippen LogP contribution is -2.13. The van der Waals surface area contributed by atoms with Gasteiger partial charge in [0.1, 0.15) is 0 Å². The summed E-state index contributed by atoms with van der Waals surface area (Å²) >= 11 is 6.18. The van der Waals surface area contributed by atoms with Gasteiger partial charge in [0.05, 0.1) is 24.2 Å². The molecule has 2 heterocycles. The molecule has 1 amide bonds. The van der Waals surface area contributed by atoms with Crippen LogP contribution in [0.5, 0.6) is 0 Å². The van der Waals surface area contributed by atoms with Gasteiger partial charge >= 0.3 is 0 Å². The van der Waals surface area contributed by atoms with Crippen molar-refractivity contribution in [3.63, 3.8) is 0 Å². The fourth-order valence-electron chi connectivity index (χ4n) is 3.69. The molecule has 0 spiro atoms. The molecule has 4 aromatic rings. The molecule has 2 aromatic carbocycles. The number of nitrogens with one attached hydrogen (secondary N) is 2. The van der Waals surface area contributed by atoms with Gasteiger partial charge in [0, 0.05) is 12.1 Å². The molecule has 9 heteroatoms. The first-order chi connectivity index (χ1) is 16.4. The van der Waals surface area contributed by atoms with Crippen molar-refractivity contribution in [2.75, 3.05) is 22.9 Å². The molecule has 2 aromatic heterocycles. The van der Waals surface area contributed by atoms with Gasteiger partial charge in [-0.1, -0.05) is 38.0 Å². The zero-order valence-electron chi connectivity index (χ0n) is 19.3. The number of rotatable bonds is 9. The molecule has 4 rings (SSSR count). The third-order valence-electron chi connectivity index (χ3n) is 5.53. The summed E-state index contributed by atoms with van der Waals surface area (Å²) < 4.78 is 1.92. The Morgan fingerprint density at radius 3 is 2.65 bits per heavy atom. The van der Waals surface area contributed by atoms with Gasteiger partial charge in [-0.2, -0.15) is 9.97 Å². The summed E-state index contributed by atoms with van der Waals surface area (Å²) in [5.74, 6) is 0.431. The number of nitrogens with two attached hydrogens (primary N) is 1. The Balaban J connectivity index is 1.47. The molecular formula is C25H28ClN7O. The topological polar surface area (TPSA) is 111 Å². The summed E-state index contributed by atoms with van der Waals surface area (Å²) in [6, 6.07) is 12.9. The van der Waals surface area contributed by atoms with Crippen molar-refractivity contribution in [3.8, 4) is 0 Å². The summed E-state index contributed by atoms with van der Waals surface area (Å²) in [7, 11) is 0. The quantitative estimate of drug-likeness (QED) is 0.172. The average Bonchev–Trinajstić information content (AvgIpc) is 3.21. The Hall–Kier alpha value is -3.65. The Morgan fingerprint density at radius 1 is 1.12 bits per heavy atom. The summed E-state index contributed by atoms with van der Waals surface area (Å²) in [5.41, 5.74) is 11.1. The smallest absolute Gasteiger partial charge is 0.255 e. The van der Waals surface area contributed by atoms with Crippen LogP contribution in [0.25, 0.3) is 11.2 Å². The molecule has 8 nitrogen and oxygen atoms in total. The monoisotopic (exact) mass is 477 g/mol. The number of hydrogen-bond acceptors (Lipinski definition) is 6. The van der Waals surface area contributed by atoms with E-state index in [1.165, 1.54) is 0 Å². The summed E-state index contributed by atoms with van der Waals surface area (Å²) in [5, 5.41) is 6.36. The van der Waals surface area contributed by atoms with Crippen molar-refractivity contribution in [1.29, 1.82) is 0 Å². The molecule has 0 fully saturated rings. The van der Waals surface area contributed by atoms with Crippen LogP contribution in [0.1, 0.15) is 47.7 Å². The minimum atomic E-state index is -0.214. The largest absolute Gasteiger partial charge is 0.397 e. The van der Waals surface area contributed by atoms with Crippen molar-refractivity contribution >= 4 is 45.9 Å². The molecule has 0 aliphatic carbocycles. The van der Waals surface area contributed by atoms with Gasteiger partial charge in [-0.25, -0.2) is 4.98 Å². The molecule has 4 N–H and O–H groups in total. The maximum Gasteiger partial charge on any atom is 0.255 e. The Kier molecular flexibility index (Phi) is 7.27. The second-order valence-corrected chi connectivity index (χ2v) is 8.60. The first-order valence-electron chi connectivity index (χ1n) is 11.3. The number of benzene rings is 2. The lowest BCUT2D eigenvalue weighted by Gasteiger charge is -2.10. The molecule has 176 valence electrons. The lowest BCUT2D eigenvalue weighted by molar-refractivity contribution is 0.102. The van der Waals surface area contributed by atoms with Gasteiger partial charge in [-0.15, -0.1) is 0 Å². The predicted octanol–water partition coefficient (Wildman–Crippen LogP) is 5.27. The van der Waals surface area contributed by atoms with Crippen LogP contribution in [0.4, 0.5) is 17.2 Å². The molecule has 0 bridgehead atoms. The van der Waals surface area contributed by atoms with E-state index in [0.717, 1.165) is 36.9 Å². The standard InChI is InChI=1S/C25H28ClN7O/c1-3-4-5-12-28-22-21-23(32-25(26)31-22)33(15-29-21)14-17-7-9-18(10-8-17)24(34)30-20-11-6-16(2)13-19(20)27/h6-11,13,15H,3-5,12,14,27H2,1-2H3,(H,30,34)(H,28,31,32). The van der Waals surface area contributed by atoms with Gasteiger partial charge in [0.15, 0.2) is 17.0 Å². The molecule has 0 saturated heterocycles. The highest BCUT2D eigenvalue weighted by Gasteiger charge is 2.13. The Morgan fingerprint density at radius 2 is 1.91 bits per heavy atom. The van der Waals surface area contributed by atoms with E-state index >= 15 is 0 Å². The number of halogens is 1. The number of nitrogen functional groups attached to an aromatic ring is 1. The summed E-state index contributed by atoms with van der Waals surface area (Å²) in [4.78, 5) is 25.8. The average molecular weight is 478 g/mol. The van der Waals surface area contributed by atoms with Crippen LogP contribution in [0.2, 0.25) is 5.28 Å². The summed E-state index contributed by atoms with van der Waals surface area (Å²) in [6.45, 7) is 5.46. The van der Waals surface area contributed by atoms with Crippen molar-refractivity contribution < 1.29 is 4.79 Å². The SMILES string of the molecule is CCCCCNc1nc(Cl)nc2c1ncn2Cc1ccc(C(=O)Nc2ccc(C)cc2N)cc1. The minimum Gasteiger partial charge on any atom is -0.397 e. The number of carbonyl (C=O) groups excluding carboxylic acids is 1. The van der Waals surface area contributed by atoms with E-state index in [1.54, 1.807) is 24.5 Å². The Labute approximate surface area is 203 Å². The maximum absolute atomic E-state index is 12.6. The van der Waals surface area contributed by atoms with E-state index < -0.39 is 0 Å². The third kappa shape index (κ3) is 5.46. The van der Waals surface area contributed by atoms with Gasteiger partial charge in [-0.05, 0) is 60.3 Å². The van der Waals surface area contributed by atoms with Crippen molar-refractivity contribution in [3.05, 3.63) is 70.8 Å². The first kappa shape index (κ1) is 23.5. The molecule has 0 aliphatic heterocycles. The number of aryl methyl sites for hydroxylation is 1. The number of anilines is 3. The van der Waals surface area contributed by atoms with Crippen LogP contribution in [0.3, 0.4) is 0 Å². The highest BCUT2D eigenvalue weighted by molar-refractivity contribution is 6.28. The fourth-order valence-corrected chi connectivity index (χ4v) is 3.85. The molecular weight excluding hydrogens is 450 g/mol. The number of unbranched alkanes of at least 4 members (excludes halogenated alkanes) is 2. The maximum atomic E-state index is 12.6. The highest BCUT2D eigenvalue weighted by atomic mass is 35.5.